The minimum absolute atomic E-state index is 0.881. The highest BCUT2D eigenvalue weighted by Crippen LogP contribution is 2.31. The van der Waals surface area contributed by atoms with Crippen LogP contribution in [0.15, 0.2) is 12.1 Å². The Morgan fingerprint density at radius 2 is 1.62 bits per heavy atom. The number of halogens is 1. The van der Waals surface area contributed by atoms with Crippen molar-refractivity contribution in [3.8, 4) is 0 Å². The first-order valence-electron chi connectivity index (χ1n) is 6.28. The van der Waals surface area contributed by atoms with Gasteiger partial charge in [0.25, 0.3) is 0 Å². The van der Waals surface area contributed by atoms with Gasteiger partial charge in [0, 0.05) is 0 Å². The summed E-state index contributed by atoms with van der Waals surface area (Å²) in [6.07, 6.45) is 2.87. The molecular weight excluding hydrogens is 199 g/mol. The van der Waals surface area contributed by atoms with E-state index in [0.717, 1.165) is 24.8 Å². The van der Waals surface area contributed by atoms with Gasteiger partial charge >= 0.3 is 0 Å². The van der Waals surface area contributed by atoms with Gasteiger partial charge in [-0.05, 0) is 55.4 Å². The zero-order chi connectivity index (χ0) is 12.3. The van der Waals surface area contributed by atoms with Crippen LogP contribution in [0.2, 0.25) is 0 Å². The molecule has 1 rings (SSSR count). The van der Waals surface area contributed by atoms with E-state index < -0.39 is 5.67 Å². The fourth-order valence-electron chi connectivity index (χ4n) is 2.27. The van der Waals surface area contributed by atoms with E-state index in [9.17, 15) is 4.39 Å². The zero-order valence-electron chi connectivity index (χ0n) is 11.2. The second-order valence-electron chi connectivity index (χ2n) is 4.81. The van der Waals surface area contributed by atoms with Crippen molar-refractivity contribution in [3.63, 3.8) is 0 Å². The van der Waals surface area contributed by atoms with E-state index in [4.69, 9.17) is 0 Å². The fourth-order valence-corrected chi connectivity index (χ4v) is 2.27. The van der Waals surface area contributed by atoms with Gasteiger partial charge in [-0.1, -0.05) is 32.9 Å². The molecule has 0 amide bonds. The molecule has 0 bridgehead atoms. The molecule has 0 N–H and O–H groups in total. The minimum atomic E-state index is -1.24. The van der Waals surface area contributed by atoms with Crippen molar-refractivity contribution < 1.29 is 4.39 Å². The van der Waals surface area contributed by atoms with Crippen LogP contribution in [0.5, 0.6) is 0 Å². The van der Waals surface area contributed by atoms with E-state index >= 15 is 0 Å². The van der Waals surface area contributed by atoms with Crippen LogP contribution in [-0.4, -0.2) is 0 Å². The number of alkyl halides is 1. The Morgan fingerprint density at radius 3 is 2.00 bits per heavy atom. The quantitative estimate of drug-likeness (QED) is 0.699. The van der Waals surface area contributed by atoms with E-state index in [2.05, 4.69) is 26.8 Å². The van der Waals surface area contributed by atoms with E-state index in [0.29, 0.717) is 0 Å². The largest absolute Gasteiger partial charge is 0.239 e. The normalized spacial score (nSPS) is 11.9. The second-order valence-corrected chi connectivity index (χ2v) is 4.81. The summed E-state index contributed by atoms with van der Waals surface area (Å²) in [6.45, 7) is 9.68. The van der Waals surface area contributed by atoms with Gasteiger partial charge in [0.05, 0.1) is 0 Å². The molecule has 0 spiro atoms. The summed E-state index contributed by atoms with van der Waals surface area (Å²) >= 11 is 0. The molecule has 90 valence electrons. The summed E-state index contributed by atoms with van der Waals surface area (Å²) in [5.74, 6) is 0. The lowest BCUT2D eigenvalue weighted by atomic mass is 9.87. The molecule has 0 radical (unpaired) electrons. The Bertz CT molecular complexity index is 358. The number of benzene rings is 1. The predicted octanol–water partition coefficient (Wildman–Crippen LogP) is 4.58. The van der Waals surface area contributed by atoms with Gasteiger partial charge in [-0.25, -0.2) is 4.39 Å². The van der Waals surface area contributed by atoms with Gasteiger partial charge < -0.3 is 0 Å². The second kappa shape index (κ2) is 4.99. The maximum atomic E-state index is 14.2. The highest BCUT2D eigenvalue weighted by atomic mass is 19.1. The summed E-state index contributed by atoms with van der Waals surface area (Å²) in [6, 6.07) is 4.27. The molecule has 0 aliphatic heterocycles. The molecule has 0 saturated carbocycles. The van der Waals surface area contributed by atoms with Crippen molar-refractivity contribution in [1.82, 2.24) is 0 Å². The van der Waals surface area contributed by atoms with Crippen LogP contribution in [0.4, 0.5) is 4.39 Å². The standard InChI is InChI=1S/C15H23F/c1-6-11-9-12(7-2)13(8-3)14(10-11)15(4,5)16/h9-10H,6-8H2,1-5H3. The van der Waals surface area contributed by atoms with Crippen LogP contribution in [0.25, 0.3) is 0 Å². The van der Waals surface area contributed by atoms with Crippen LogP contribution >= 0.6 is 0 Å². The van der Waals surface area contributed by atoms with Crippen molar-refractivity contribution in [2.45, 2.75) is 59.5 Å². The van der Waals surface area contributed by atoms with Gasteiger partial charge in [-0.15, -0.1) is 0 Å². The number of aryl methyl sites for hydroxylation is 2. The van der Waals surface area contributed by atoms with Crippen molar-refractivity contribution in [2.75, 3.05) is 0 Å². The summed E-state index contributed by atoms with van der Waals surface area (Å²) in [4.78, 5) is 0. The van der Waals surface area contributed by atoms with E-state index in [-0.39, 0.29) is 0 Å². The molecule has 0 aliphatic rings. The molecule has 1 aromatic carbocycles. The molecule has 0 nitrogen and oxygen atoms in total. The predicted molar refractivity (Wildman–Crippen MR) is 68.7 cm³/mol. The average molecular weight is 222 g/mol. The maximum Gasteiger partial charge on any atom is 0.130 e. The summed E-state index contributed by atoms with van der Waals surface area (Å²) < 4.78 is 14.2. The lowest BCUT2D eigenvalue weighted by Crippen LogP contribution is -2.14. The number of hydrogen-bond acceptors (Lipinski definition) is 0. The summed E-state index contributed by atoms with van der Waals surface area (Å²) in [5.41, 5.74) is 3.40. The van der Waals surface area contributed by atoms with Crippen molar-refractivity contribution >= 4 is 0 Å². The lowest BCUT2D eigenvalue weighted by Gasteiger charge is -2.22. The third-order valence-electron chi connectivity index (χ3n) is 3.19. The summed E-state index contributed by atoms with van der Waals surface area (Å²) in [5, 5.41) is 0. The topological polar surface area (TPSA) is 0 Å². The molecule has 1 aromatic rings. The molecule has 0 unspecified atom stereocenters. The van der Waals surface area contributed by atoms with Gasteiger partial charge in [0.1, 0.15) is 5.67 Å². The number of hydrogen-bond donors (Lipinski definition) is 0. The number of rotatable bonds is 4. The van der Waals surface area contributed by atoms with E-state index in [1.54, 1.807) is 13.8 Å². The Balaban J connectivity index is 3.43. The highest BCUT2D eigenvalue weighted by Gasteiger charge is 2.23. The van der Waals surface area contributed by atoms with Crippen LogP contribution in [0, 0.1) is 0 Å². The van der Waals surface area contributed by atoms with Crippen LogP contribution < -0.4 is 0 Å². The van der Waals surface area contributed by atoms with Crippen LogP contribution in [0.3, 0.4) is 0 Å². The van der Waals surface area contributed by atoms with Crippen molar-refractivity contribution in [3.05, 3.63) is 34.4 Å². The average Bonchev–Trinajstić information content (AvgIpc) is 2.25. The molecule has 0 heterocycles. The monoisotopic (exact) mass is 222 g/mol. The Labute approximate surface area is 98.9 Å². The first-order chi connectivity index (χ1) is 7.43. The van der Waals surface area contributed by atoms with Gasteiger partial charge in [-0.3, -0.25) is 0 Å². The Morgan fingerprint density at radius 1 is 1.00 bits per heavy atom. The molecular formula is C15H23F. The lowest BCUT2D eigenvalue weighted by molar-refractivity contribution is 0.219. The minimum Gasteiger partial charge on any atom is -0.239 e. The van der Waals surface area contributed by atoms with Crippen LogP contribution in [-0.2, 0) is 24.9 Å². The molecule has 1 heteroatoms. The summed E-state index contributed by atoms with van der Waals surface area (Å²) in [7, 11) is 0. The van der Waals surface area contributed by atoms with Crippen molar-refractivity contribution in [2.24, 2.45) is 0 Å². The van der Waals surface area contributed by atoms with E-state index in [1.807, 2.05) is 6.07 Å². The molecule has 0 aliphatic carbocycles. The fraction of sp³-hybridized carbons (Fsp3) is 0.600. The van der Waals surface area contributed by atoms with Gasteiger partial charge in [0.2, 0.25) is 0 Å². The molecule has 0 fully saturated rings. The van der Waals surface area contributed by atoms with Crippen LogP contribution in [0.1, 0.15) is 56.9 Å². The molecule has 16 heavy (non-hydrogen) atoms. The molecule has 0 aromatic heterocycles. The maximum absolute atomic E-state index is 14.2. The van der Waals surface area contributed by atoms with Gasteiger partial charge in [-0.2, -0.15) is 0 Å². The SMILES string of the molecule is CCc1cc(CC)c(CC)c(C(C)(C)F)c1. The highest BCUT2D eigenvalue weighted by molar-refractivity contribution is 5.42. The molecule has 0 saturated heterocycles. The first kappa shape index (κ1) is 13.2. The zero-order valence-corrected chi connectivity index (χ0v) is 11.2. The smallest absolute Gasteiger partial charge is 0.130 e. The van der Waals surface area contributed by atoms with Gasteiger partial charge in [0.15, 0.2) is 0 Å². The first-order valence-corrected chi connectivity index (χ1v) is 6.28. The Hall–Kier alpha value is -0.850. The third kappa shape index (κ3) is 2.63. The van der Waals surface area contributed by atoms with E-state index in [1.165, 1.54) is 16.7 Å². The third-order valence-corrected chi connectivity index (χ3v) is 3.19. The molecule has 0 atom stereocenters. The van der Waals surface area contributed by atoms with Crippen molar-refractivity contribution in [1.29, 1.82) is 0 Å². The Kier molecular flexibility index (Phi) is 4.12.